The van der Waals surface area contributed by atoms with E-state index in [1.807, 2.05) is 13.8 Å². The van der Waals surface area contributed by atoms with Crippen molar-refractivity contribution in [3.05, 3.63) is 29.6 Å². The van der Waals surface area contributed by atoms with Crippen molar-refractivity contribution in [3.8, 4) is 5.75 Å². The molecule has 1 rings (SSSR count). The molecule has 0 aliphatic rings. The van der Waals surface area contributed by atoms with Gasteiger partial charge >= 0.3 is 0 Å². The van der Waals surface area contributed by atoms with E-state index in [0.717, 1.165) is 11.8 Å². The summed E-state index contributed by atoms with van der Waals surface area (Å²) in [5.74, 6) is -0.517. The number of benzene rings is 1. The maximum absolute atomic E-state index is 13.7. The molecule has 19 heavy (non-hydrogen) atoms. The van der Waals surface area contributed by atoms with Crippen LogP contribution < -0.4 is 10.1 Å². The number of hydrogen-bond donors (Lipinski definition) is 1. The highest BCUT2D eigenvalue weighted by Crippen LogP contribution is 2.18. The van der Waals surface area contributed by atoms with Crippen molar-refractivity contribution in [2.24, 2.45) is 0 Å². The van der Waals surface area contributed by atoms with Crippen molar-refractivity contribution in [2.75, 3.05) is 18.6 Å². The largest absolute Gasteiger partial charge is 0.489 e. The molecule has 0 fully saturated rings. The Labute approximate surface area is 113 Å². The molecule has 0 radical (unpaired) electrons. The van der Waals surface area contributed by atoms with Gasteiger partial charge in [0.25, 0.3) is 0 Å². The van der Waals surface area contributed by atoms with Gasteiger partial charge in [0.05, 0.1) is 5.75 Å². The van der Waals surface area contributed by atoms with Gasteiger partial charge in [-0.25, -0.2) is 12.8 Å². The zero-order valence-electron chi connectivity index (χ0n) is 11.4. The summed E-state index contributed by atoms with van der Waals surface area (Å²) in [7, 11) is -3.09. The van der Waals surface area contributed by atoms with Crippen molar-refractivity contribution in [2.45, 2.75) is 26.4 Å². The topological polar surface area (TPSA) is 55.4 Å². The highest BCUT2D eigenvalue weighted by molar-refractivity contribution is 7.90. The van der Waals surface area contributed by atoms with Crippen LogP contribution in [0.4, 0.5) is 4.39 Å². The smallest absolute Gasteiger partial charge is 0.165 e. The van der Waals surface area contributed by atoms with Gasteiger partial charge in [-0.05, 0) is 17.7 Å². The Hall–Kier alpha value is -1.14. The third-order valence-corrected chi connectivity index (χ3v) is 3.33. The monoisotopic (exact) mass is 289 g/mol. The molecule has 0 aliphatic carbocycles. The van der Waals surface area contributed by atoms with Gasteiger partial charge < -0.3 is 10.1 Å². The molecule has 6 heteroatoms. The van der Waals surface area contributed by atoms with E-state index in [1.165, 1.54) is 12.1 Å². The highest BCUT2D eigenvalue weighted by atomic mass is 32.2. The molecule has 108 valence electrons. The number of rotatable bonds is 7. The van der Waals surface area contributed by atoms with Crippen LogP contribution in [0.2, 0.25) is 0 Å². The third-order valence-electron chi connectivity index (χ3n) is 2.42. The Balaban J connectivity index is 2.57. The molecule has 0 aliphatic heterocycles. The maximum atomic E-state index is 13.7. The van der Waals surface area contributed by atoms with E-state index >= 15 is 0 Å². The van der Waals surface area contributed by atoms with Crippen molar-refractivity contribution in [1.29, 1.82) is 0 Å². The fourth-order valence-electron chi connectivity index (χ4n) is 1.40. The van der Waals surface area contributed by atoms with Crippen LogP contribution in [0.1, 0.15) is 19.4 Å². The molecule has 1 aromatic carbocycles. The first-order valence-corrected chi connectivity index (χ1v) is 8.16. The van der Waals surface area contributed by atoms with Crippen LogP contribution in [0.25, 0.3) is 0 Å². The lowest BCUT2D eigenvalue weighted by atomic mass is 10.2. The Kier molecular flexibility index (Phi) is 5.75. The summed E-state index contributed by atoms with van der Waals surface area (Å²) in [6.07, 6.45) is 1.12. The molecule has 0 bridgehead atoms. The molecule has 1 N–H and O–H groups in total. The second-order valence-electron chi connectivity index (χ2n) is 4.78. The molecule has 0 saturated carbocycles. The van der Waals surface area contributed by atoms with E-state index in [4.69, 9.17) is 4.74 Å². The average Bonchev–Trinajstić information content (AvgIpc) is 2.27. The zero-order chi connectivity index (χ0) is 14.5. The van der Waals surface area contributed by atoms with Crippen LogP contribution >= 0.6 is 0 Å². The number of ether oxygens (including phenoxy) is 1. The standard InChI is InChI=1S/C13H20FNO3S/c1-10(2)15-9-11-4-5-13(12(14)8-11)18-6-7-19(3,16)17/h4-5,8,10,15H,6-7,9H2,1-3H3. The lowest BCUT2D eigenvalue weighted by molar-refractivity contribution is 0.322. The minimum atomic E-state index is -3.09. The Morgan fingerprint density at radius 3 is 2.58 bits per heavy atom. The molecule has 4 nitrogen and oxygen atoms in total. The molecule has 0 saturated heterocycles. The van der Waals surface area contributed by atoms with Crippen LogP contribution in [0.5, 0.6) is 5.75 Å². The molecule has 0 aromatic heterocycles. The van der Waals surface area contributed by atoms with Gasteiger partial charge in [-0.3, -0.25) is 0 Å². The lowest BCUT2D eigenvalue weighted by Gasteiger charge is -2.10. The Morgan fingerprint density at radius 1 is 1.37 bits per heavy atom. The van der Waals surface area contributed by atoms with E-state index < -0.39 is 15.7 Å². The normalized spacial score (nSPS) is 11.8. The van der Waals surface area contributed by atoms with Gasteiger partial charge in [0.15, 0.2) is 21.4 Å². The second-order valence-corrected chi connectivity index (χ2v) is 7.04. The van der Waals surface area contributed by atoms with Crippen LogP contribution in [0.15, 0.2) is 18.2 Å². The average molecular weight is 289 g/mol. The van der Waals surface area contributed by atoms with Gasteiger partial charge in [-0.1, -0.05) is 19.9 Å². The van der Waals surface area contributed by atoms with E-state index in [1.54, 1.807) is 6.07 Å². The molecule has 1 aromatic rings. The quantitative estimate of drug-likeness (QED) is 0.831. The second kappa shape index (κ2) is 6.86. The fourth-order valence-corrected chi connectivity index (χ4v) is 1.78. The minimum absolute atomic E-state index is 0.0423. The molecule has 0 unspecified atom stereocenters. The van der Waals surface area contributed by atoms with Gasteiger partial charge in [-0.2, -0.15) is 0 Å². The molecular formula is C13H20FNO3S. The van der Waals surface area contributed by atoms with Crippen LogP contribution in [-0.4, -0.2) is 33.1 Å². The van der Waals surface area contributed by atoms with Crippen molar-refractivity contribution in [1.82, 2.24) is 5.32 Å². The Morgan fingerprint density at radius 2 is 2.05 bits per heavy atom. The first-order chi connectivity index (χ1) is 8.78. The molecule has 0 spiro atoms. The van der Waals surface area contributed by atoms with E-state index in [9.17, 15) is 12.8 Å². The lowest BCUT2D eigenvalue weighted by Crippen LogP contribution is -2.21. The van der Waals surface area contributed by atoms with Gasteiger partial charge in [0, 0.05) is 18.8 Å². The zero-order valence-corrected chi connectivity index (χ0v) is 12.3. The summed E-state index contributed by atoms with van der Waals surface area (Å²) >= 11 is 0. The highest BCUT2D eigenvalue weighted by Gasteiger charge is 2.07. The van der Waals surface area contributed by atoms with Gasteiger partial charge in [0.2, 0.25) is 0 Å². The number of sulfone groups is 1. The first-order valence-electron chi connectivity index (χ1n) is 6.10. The van der Waals surface area contributed by atoms with Crippen LogP contribution in [0, 0.1) is 5.82 Å². The summed E-state index contributed by atoms with van der Waals surface area (Å²) in [5.41, 5.74) is 0.821. The van der Waals surface area contributed by atoms with Crippen LogP contribution in [-0.2, 0) is 16.4 Å². The Bertz CT molecular complexity index is 515. The van der Waals surface area contributed by atoms with Gasteiger partial charge in [0.1, 0.15) is 6.61 Å². The summed E-state index contributed by atoms with van der Waals surface area (Å²) in [6.45, 7) is 4.57. The summed E-state index contributed by atoms with van der Waals surface area (Å²) in [5, 5.41) is 3.18. The van der Waals surface area contributed by atoms with Crippen LogP contribution in [0.3, 0.4) is 0 Å². The minimum Gasteiger partial charge on any atom is -0.489 e. The van der Waals surface area contributed by atoms with Crippen molar-refractivity contribution in [3.63, 3.8) is 0 Å². The van der Waals surface area contributed by atoms with E-state index in [2.05, 4.69) is 5.32 Å². The van der Waals surface area contributed by atoms with E-state index in [0.29, 0.717) is 12.6 Å². The molecule has 0 atom stereocenters. The molecular weight excluding hydrogens is 269 g/mol. The summed E-state index contributed by atoms with van der Waals surface area (Å²) < 4.78 is 40.7. The number of hydrogen-bond acceptors (Lipinski definition) is 4. The van der Waals surface area contributed by atoms with E-state index in [-0.39, 0.29) is 18.1 Å². The SMILES string of the molecule is CC(C)NCc1ccc(OCCS(C)(=O)=O)c(F)c1. The van der Waals surface area contributed by atoms with Crippen molar-refractivity contribution < 1.29 is 17.5 Å². The van der Waals surface area contributed by atoms with Crippen molar-refractivity contribution >= 4 is 9.84 Å². The fraction of sp³-hybridized carbons (Fsp3) is 0.538. The van der Waals surface area contributed by atoms with Gasteiger partial charge in [-0.15, -0.1) is 0 Å². The molecule has 0 heterocycles. The third kappa shape index (κ3) is 6.54. The molecule has 0 amide bonds. The summed E-state index contributed by atoms with van der Waals surface area (Å²) in [6, 6.07) is 5.00. The number of nitrogens with one attached hydrogen (secondary N) is 1. The first kappa shape index (κ1) is 15.9. The predicted octanol–water partition coefficient (Wildman–Crippen LogP) is 1.75. The predicted molar refractivity (Wildman–Crippen MR) is 73.6 cm³/mol. The summed E-state index contributed by atoms with van der Waals surface area (Å²) in [4.78, 5) is 0. The maximum Gasteiger partial charge on any atom is 0.165 e. The number of halogens is 1.